The summed E-state index contributed by atoms with van der Waals surface area (Å²) in [5.41, 5.74) is 0.302. The first-order valence-electron chi connectivity index (χ1n) is 5.09. The van der Waals surface area contributed by atoms with E-state index >= 15 is 0 Å². The largest absolute Gasteiger partial charge is 0.508 e. The highest BCUT2D eigenvalue weighted by molar-refractivity contribution is 5.79. The van der Waals surface area contributed by atoms with Crippen LogP contribution >= 0.6 is 0 Å². The summed E-state index contributed by atoms with van der Waals surface area (Å²) in [7, 11) is 0. The number of alkyl halides is 3. The molecule has 0 heterocycles. The molecule has 1 atom stereocenters. The van der Waals surface area contributed by atoms with E-state index in [4.69, 9.17) is 5.11 Å². The molecular formula is C11H12F3NO3. The SMILES string of the molecule is O=C(Cc1ccccc1O)NCC(O)C(F)(F)F. The smallest absolute Gasteiger partial charge is 0.416 e. The maximum absolute atomic E-state index is 11.9. The third-order valence-corrected chi connectivity index (χ3v) is 2.21. The maximum atomic E-state index is 11.9. The first kappa shape index (κ1) is 14.3. The fourth-order valence-corrected chi connectivity index (χ4v) is 1.22. The number of carbonyl (C=O) groups excluding carboxylic acids is 1. The van der Waals surface area contributed by atoms with Crippen molar-refractivity contribution in [3.63, 3.8) is 0 Å². The van der Waals surface area contributed by atoms with Crippen LogP contribution in [0.2, 0.25) is 0 Å². The Labute approximate surface area is 101 Å². The Morgan fingerprint density at radius 2 is 1.94 bits per heavy atom. The summed E-state index contributed by atoms with van der Waals surface area (Å²) in [6.07, 6.45) is -7.61. The molecule has 0 aliphatic heterocycles. The molecule has 0 saturated heterocycles. The van der Waals surface area contributed by atoms with Crippen LogP contribution in [0.4, 0.5) is 13.2 Å². The fraction of sp³-hybridized carbons (Fsp3) is 0.364. The zero-order valence-corrected chi connectivity index (χ0v) is 9.24. The molecule has 0 radical (unpaired) electrons. The predicted molar refractivity (Wildman–Crippen MR) is 56.9 cm³/mol. The summed E-state index contributed by atoms with van der Waals surface area (Å²) in [5.74, 6) is -0.816. The van der Waals surface area contributed by atoms with Gasteiger partial charge in [-0.1, -0.05) is 18.2 Å². The molecule has 0 fully saturated rings. The van der Waals surface area contributed by atoms with Crippen molar-refractivity contribution in [2.75, 3.05) is 6.54 Å². The molecule has 0 bridgehead atoms. The van der Waals surface area contributed by atoms with E-state index in [1.807, 2.05) is 5.32 Å². The van der Waals surface area contributed by atoms with Gasteiger partial charge in [-0.3, -0.25) is 4.79 Å². The van der Waals surface area contributed by atoms with Crippen molar-refractivity contribution in [1.29, 1.82) is 0 Å². The van der Waals surface area contributed by atoms with Crippen LogP contribution in [0.25, 0.3) is 0 Å². The summed E-state index contributed by atoms with van der Waals surface area (Å²) in [5, 5.41) is 20.0. The van der Waals surface area contributed by atoms with Gasteiger partial charge in [-0.25, -0.2) is 0 Å². The Morgan fingerprint density at radius 3 is 2.50 bits per heavy atom. The maximum Gasteiger partial charge on any atom is 0.416 e. The van der Waals surface area contributed by atoms with Crippen molar-refractivity contribution in [2.24, 2.45) is 0 Å². The third kappa shape index (κ3) is 4.25. The van der Waals surface area contributed by atoms with Crippen LogP contribution in [0.3, 0.4) is 0 Å². The molecule has 1 unspecified atom stereocenters. The van der Waals surface area contributed by atoms with Crippen LogP contribution in [0.15, 0.2) is 24.3 Å². The molecular weight excluding hydrogens is 251 g/mol. The van der Waals surface area contributed by atoms with Crippen LogP contribution in [0.5, 0.6) is 5.75 Å². The van der Waals surface area contributed by atoms with Gasteiger partial charge in [-0.05, 0) is 6.07 Å². The number of rotatable bonds is 4. The van der Waals surface area contributed by atoms with Crippen molar-refractivity contribution in [2.45, 2.75) is 18.7 Å². The van der Waals surface area contributed by atoms with Gasteiger partial charge in [0, 0.05) is 5.56 Å². The summed E-state index contributed by atoms with van der Waals surface area (Å²) >= 11 is 0. The van der Waals surface area contributed by atoms with E-state index in [2.05, 4.69) is 0 Å². The summed E-state index contributed by atoms with van der Waals surface area (Å²) < 4.78 is 35.8. The zero-order valence-electron chi connectivity index (χ0n) is 9.24. The molecule has 18 heavy (non-hydrogen) atoms. The van der Waals surface area contributed by atoms with Crippen molar-refractivity contribution in [3.8, 4) is 5.75 Å². The number of aromatic hydroxyl groups is 1. The van der Waals surface area contributed by atoms with E-state index in [1.165, 1.54) is 12.1 Å². The number of para-hydroxylation sites is 1. The van der Waals surface area contributed by atoms with Gasteiger partial charge in [0.1, 0.15) is 5.75 Å². The predicted octanol–water partition coefficient (Wildman–Crippen LogP) is 0.974. The van der Waals surface area contributed by atoms with Gasteiger partial charge < -0.3 is 15.5 Å². The second-order valence-corrected chi connectivity index (χ2v) is 3.67. The van der Waals surface area contributed by atoms with Crippen LogP contribution in [-0.4, -0.2) is 34.9 Å². The highest BCUT2D eigenvalue weighted by Crippen LogP contribution is 2.19. The Morgan fingerprint density at radius 1 is 1.33 bits per heavy atom. The van der Waals surface area contributed by atoms with Crippen molar-refractivity contribution in [3.05, 3.63) is 29.8 Å². The lowest BCUT2D eigenvalue weighted by atomic mass is 10.1. The lowest BCUT2D eigenvalue weighted by Crippen LogP contribution is -2.41. The topological polar surface area (TPSA) is 69.6 Å². The lowest BCUT2D eigenvalue weighted by Gasteiger charge is -2.15. The van der Waals surface area contributed by atoms with E-state index in [1.54, 1.807) is 12.1 Å². The van der Waals surface area contributed by atoms with E-state index in [-0.39, 0.29) is 12.2 Å². The number of hydrogen-bond acceptors (Lipinski definition) is 3. The van der Waals surface area contributed by atoms with Gasteiger partial charge in [-0.2, -0.15) is 13.2 Å². The monoisotopic (exact) mass is 263 g/mol. The first-order valence-corrected chi connectivity index (χ1v) is 5.09. The molecule has 0 aliphatic carbocycles. The molecule has 1 amide bonds. The molecule has 1 aromatic rings. The van der Waals surface area contributed by atoms with Crippen molar-refractivity contribution >= 4 is 5.91 Å². The number of amides is 1. The van der Waals surface area contributed by atoms with Crippen LogP contribution < -0.4 is 5.32 Å². The van der Waals surface area contributed by atoms with Crippen LogP contribution in [0, 0.1) is 0 Å². The fourth-order valence-electron chi connectivity index (χ4n) is 1.22. The van der Waals surface area contributed by atoms with Gasteiger partial charge in [-0.15, -0.1) is 0 Å². The minimum absolute atomic E-state index is 0.107. The minimum Gasteiger partial charge on any atom is -0.508 e. The molecule has 7 heteroatoms. The molecule has 0 aromatic heterocycles. The Bertz CT molecular complexity index is 420. The number of aliphatic hydroxyl groups excluding tert-OH is 1. The van der Waals surface area contributed by atoms with Crippen LogP contribution in [-0.2, 0) is 11.2 Å². The third-order valence-electron chi connectivity index (χ3n) is 2.21. The summed E-state index contributed by atoms with van der Waals surface area (Å²) in [6.45, 7) is -0.907. The van der Waals surface area contributed by atoms with Crippen molar-refractivity contribution in [1.82, 2.24) is 5.32 Å². The summed E-state index contributed by atoms with van der Waals surface area (Å²) in [6, 6.07) is 6.00. The second kappa shape index (κ2) is 5.72. The number of benzene rings is 1. The van der Waals surface area contributed by atoms with Gasteiger partial charge in [0.25, 0.3) is 0 Å². The second-order valence-electron chi connectivity index (χ2n) is 3.67. The average Bonchev–Trinajstić information content (AvgIpc) is 2.27. The molecule has 1 rings (SSSR count). The van der Waals surface area contributed by atoms with Gasteiger partial charge in [0.05, 0.1) is 13.0 Å². The van der Waals surface area contributed by atoms with E-state index < -0.39 is 24.7 Å². The Kier molecular flexibility index (Phi) is 4.55. The standard InChI is InChI=1S/C11H12F3NO3/c12-11(13,14)9(17)6-15-10(18)5-7-3-1-2-4-8(7)16/h1-4,9,16-17H,5-6H2,(H,15,18). The number of phenols is 1. The number of phenolic OH excluding ortho intramolecular Hbond substituents is 1. The van der Waals surface area contributed by atoms with E-state index in [9.17, 15) is 23.1 Å². The van der Waals surface area contributed by atoms with Gasteiger partial charge >= 0.3 is 6.18 Å². The quantitative estimate of drug-likeness (QED) is 0.758. The number of hydrogen-bond donors (Lipinski definition) is 3. The molecule has 4 nitrogen and oxygen atoms in total. The molecule has 100 valence electrons. The molecule has 0 saturated carbocycles. The number of aliphatic hydroxyl groups is 1. The highest BCUT2D eigenvalue weighted by atomic mass is 19.4. The summed E-state index contributed by atoms with van der Waals surface area (Å²) in [4.78, 5) is 11.3. The molecule has 3 N–H and O–H groups in total. The Hall–Kier alpha value is -1.76. The highest BCUT2D eigenvalue weighted by Gasteiger charge is 2.38. The van der Waals surface area contributed by atoms with Crippen molar-refractivity contribution < 1.29 is 28.2 Å². The Balaban J connectivity index is 2.46. The zero-order chi connectivity index (χ0) is 13.8. The van der Waals surface area contributed by atoms with E-state index in [0.29, 0.717) is 5.56 Å². The number of halogens is 3. The molecule has 0 spiro atoms. The van der Waals surface area contributed by atoms with Crippen LogP contribution in [0.1, 0.15) is 5.56 Å². The van der Waals surface area contributed by atoms with Gasteiger partial charge in [0.15, 0.2) is 6.10 Å². The lowest BCUT2D eigenvalue weighted by molar-refractivity contribution is -0.201. The first-order chi connectivity index (χ1) is 8.30. The number of nitrogens with one attached hydrogen (secondary N) is 1. The minimum atomic E-state index is -4.76. The normalized spacial score (nSPS) is 13.1. The van der Waals surface area contributed by atoms with Gasteiger partial charge in [0.2, 0.25) is 5.91 Å². The molecule has 1 aromatic carbocycles. The molecule has 0 aliphatic rings. The average molecular weight is 263 g/mol. The number of carbonyl (C=O) groups is 1. The van der Waals surface area contributed by atoms with E-state index in [0.717, 1.165) is 0 Å².